The molecule has 0 unspecified atom stereocenters. The molecule has 188 valence electrons. The molecular formula is C28H46O5. The van der Waals surface area contributed by atoms with Crippen molar-refractivity contribution in [2.24, 2.45) is 17.8 Å². The van der Waals surface area contributed by atoms with Gasteiger partial charge in [-0.3, -0.25) is 4.79 Å². The van der Waals surface area contributed by atoms with E-state index in [1.54, 1.807) is 20.1 Å². The lowest BCUT2D eigenvalue weighted by Crippen LogP contribution is -2.36. The van der Waals surface area contributed by atoms with Crippen molar-refractivity contribution in [3.05, 3.63) is 48.1 Å². The summed E-state index contributed by atoms with van der Waals surface area (Å²) in [5.74, 6) is 0.732. The lowest BCUT2D eigenvalue weighted by molar-refractivity contribution is -0.149. The van der Waals surface area contributed by atoms with E-state index in [2.05, 4.69) is 65.5 Å². The van der Waals surface area contributed by atoms with Gasteiger partial charge >= 0.3 is 5.97 Å². The van der Waals surface area contributed by atoms with Crippen molar-refractivity contribution in [1.29, 1.82) is 0 Å². The molecule has 5 nitrogen and oxygen atoms in total. The molecule has 0 bridgehead atoms. The Labute approximate surface area is 201 Å². The van der Waals surface area contributed by atoms with E-state index >= 15 is 0 Å². The first-order valence-electron chi connectivity index (χ1n) is 12.2. The molecule has 1 aliphatic rings. The maximum absolute atomic E-state index is 11.9. The summed E-state index contributed by atoms with van der Waals surface area (Å²) in [6, 6.07) is 0. The van der Waals surface area contributed by atoms with E-state index in [1.807, 2.05) is 0 Å². The van der Waals surface area contributed by atoms with Crippen molar-refractivity contribution in [2.75, 3.05) is 13.7 Å². The minimum absolute atomic E-state index is 0.0184. The van der Waals surface area contributed by atoms with E-state index in [0.29, 0.717) is 18.3 Å². The zero-order valence-electron chi connectivity index (χ0n) is 21.8. The molecule has 0 aromatic carbocycles. The van der Waals surface area contributed by atoms with Crippen LogP contribution in [0.3, 0.4) is 0 Å². The third-order valence-corrected chi connectivity index (χ3v) is 6.26. The van der Waals surface area contributed by atoms with E-state index in [-0.39, 0.29) is 36.8 Å². The Morgan fingerprint density at radius 3 is 2.55 bits per heavy atom. The number of esters is 1. The summed E-state index contributed by atoms with van der Waals surface area (Å²) in [5, 5.41) is 9.86. The fourth-order valence-corrected chi connectivity index (χ4v) is 4.64. The number of carbonyl (C=O) groups is 1. The fraction of sp³-hybridized carbons (Fsp3) is 0.679. The van der Waals surface area contributed by atoms with Crippen LogP contribution in [0, 0.1) is 17.8 Å². The van der Waals surface area contributed by atoms with Gasteiger partial charge in [0, 0.05) is 13.0 Å². The molecule has 1 fully saturated rings. The van der Waals surface area contributed by atoms with Crippen LogP contribution in [0.25, 0.3) is 0 Å². The van der Waals surface area contributed by atoms with E-state index in [1.165, 1.54) is 11.1 Å². The van der Waals surface area contributed by atoms with Crippen LogP contribution in [0.4, 0.5) is 0 Å². The molecule has 0 aliphatic carbocycles. The van der Waals surface area contributed by atoms with Gasteiger partial charge in [0.1, 0.15) is 6.61 Å². The van der Waals surface area contributed by atoms with Gasteiger partial charge in [-0.2, -0.15) is 0 Å². The lowest BCUT2D eigenvalue weighted by Gasteiger charge is -2.35. The molecule has 1 aliphatic heterocycles. The average molecular weight is 463 g/mol. The Balaban J connectivity index is 2.64. The molecule has 1 rings (SSSR count). The maximum atomic E-state index is 11.9. The third kappa shape index (κ3) is 10.9. The van der Waals surface area contributed by atoms with Crippen molar-refractivity contribution in [2.45, 2.75) is 91.6 Å². The second kappa shape index (κ2) is 15.3. The number of carbonyl (C=O) groups excluding carboxylic acids is 1. The summed E-state index contributed by atoms with van der Waals surface area (Å²) in [6.45, 7) is 16.3. The number of hydrogen-bond acceptors (Lipinski definition) is 5. The summed E-state index contributed by atoms with van der Waals surface area (Å²) in [4.78, 5) is 11.9. The monoisotopic (exact) mass is 462 g/mol. The summed E-state index contributed by atoms with van der Waals surface area (Å²) < 4.78 is 16.8. The number of rotatable bonds is 13. The van der Waals surface area contributed by atoms with Crippen LogP contribution >= 0.6 is 0 Å². The van der Waals surface area contributed by atoms with Crippen molar-refractivity contribution in [1.82, 2.24) is 0 Å². The molecule has 1 N–H and O–H groups in total. The largest absolute Gasteiger partial charge is 0.461 e. The molecule has 33 heavy (non-hydrogen) atoms. The van der Waals surface area contributed by atoms with Gasteiger partial charge in [0.15, 0.2) is 0 Å². The van der Waals surface area contributed by atoms with E-state index in [9.17, 15) is 9.90 Å². The molecule has 0 aromatic heterocycles. The van der Waals surface area contributed by atoms with Gasteiger partial charge in [-0.05, 0) is 57.4 Å². The number of ether oxygens (including phenoxy) is 3. The quantitative estimate of drug-likeness (QED) is 0.213. The van der Waals surface area contributed by atoms with Crippen LogP contribution in [-0.4, -0.2) is 49.2 Å². The Morgan fingerprint density at radius 2 is 1.94 bits per heavy atom. The predicted octanol–water partition coefficient (Wildman–Crippen LogP) is 5.80. The SMILES string of the molecule is C=CCOC(=O)C[C@H]1CC[C@H](C)[C@@H](/C(C)=C/C=C/[C@H](C)C/C(C)=C/[C@H](C)[C@H](OC)[C@H](C)O)O1. The molecular weight excluding hydrogens is 416 g/mol. The molecule has 1 saturated heterocycles. The third-order valence-electron chi connectivity index (χ3n) is 6.26. The minimum Gasteiger partial charge on any atom is -0.461 e. The lowest BCUT2D eigenvalue weighted by atomic mass is 9.88. The number of allylic oxidation sites excluding steroid dienone is 4. The van der Waals surface area contributed by atoms with E-state index in [0.717, 1.165) is 19.3 Å². The van der Waals surface area contributed by atoms with Gasteiger partial charge < -0.3 is 19.3 Å². The topological polar surface area (TPSA) is 65.0 Å². The first kappa shape index (κ1) is 29.3. The second-order valence-electron chi connectivity index (χ2n) is 9.70. The molecule has 0 radical (unpaired) electrons. The number of aliphatic hydroxyl groups is 1. The summed E-state index contributed by atoms with van der Waals surface area (Å²) in [6.07, 6.45) is 12.6. The van der Waals surface area contributed by atoms with Crippen LogP contribution in [-0.2, 0) is 19.0 Å². The fourth-order valence-electron chi connectivity index (χ4n) is 4.64. The van der Waals surface area contributed by atoms with Gasteiger partial charge in [-0.15, -0.1) is 0 Å². The van der Waals surface area contributed by atoms with E-state index in [4.69, 9.17) is 14.2 Å². The highest BCUT2D eigenvalue weighted by atomic mass is 16.5. The van der Waals surface area contributed by atoms with Gasteiger partial charge in [0.05, 0.1) is 30.8 Å². The number of methoxy groups -OCH3 is 1. The van der Waals surface area contributed by atoms with Gasteiger partial charge in [0.2, 0.25) is 0 Å². The Kier molecular flexibility index (Phi) is 13.6. The first-order valence-corrected chi connectivity index (χ1v) is 12.2. The Hall–Kier alpha value is -1.69. The smallest absolute Gasteiger partial charge is 0.308 e. The maximum Gasteiger partial charge on any atom is 0.308 e. The first-order chi connectivity index (χ1) is 15.6. The zero-order valence-corrected chi connectivity index (χ0v) is 21.8. The molecule has 5 heteroatoms. The van der Waals surface area contributed by atoms with Gasteiger partial charge in [-0.1, -0.05) is 63.3 Å². The van der Waals surface area contributed by atoms with Crippen LogP contribution in [0.15, 0.2) is 48.1 Å². The van der Waals surface area contributed by atoms with Gasteiger partial charge in [-0.25, -0.2) is 0 Å². The molecule has 0 amide bonds. The standard InChI is InChI=1S/C28H46O5/c1-9-15-32-26(30)18-25-14-13-22(5)27(33-25)21(4)12-10-11-19(2)16-20(3)17-23(6)28(31-8)24(7)29/h9-12,17,19,22-25,27-29H,1,13-16,18H2,2-8H3/b11-10+,20-17+,21-12+/t19-,22-,23-,24-,25+,27+,28-/m0/s1. The minimum atomic E-state index is -0.499. The Morgan fingerprint density at radius 1 is 1.24 bits per heavy atom. The van der Waals surface area contributed by atoms with Crippen LogP contribution in [0.2, 0.25) is 0 Å². The second-order valence-corrected chi connectivity index (χ2v) is 9.70. The van der Waals surface area contributed by atoms with Crippen molar-refractivity contribution in [3.8, 4) is 0 Å². The van der Waals surface area contributed by atoms with Crippen LogP contribution < -0.4 is 0 Å². The summed E-state index contributed by atoms with van der Waals surface area (Å²) in [7, 11) is 1.64. The van der Waals surface area contributed by atoms with Crippen LogP contribution in [0.5, 0.6) is 0 Å². The van der Waals surface area contributed by atoms with Crippen molar-refractivity contribution >= 4 is 5.97 Å². The highest BCUT2D eigenvalue weighted by Crippen LogP contribution is 2.31. The molecule has 0 aromatic rings. The normalized spacial score (nSPS) is 26.0. The highest BCUT2D eigenvalue weighted by molar-refractivity contribution is 5.70. The number of hydrogen-bond donors (Lipinski definition) is 1. The highest BCUT2D eigenvalue weighted by Gasteiger charge is 2.30. The molecule has 7 atom stereocenters. The Bertz CT molecular complexity index is 690. The molecule has 0 saturated carbocycles. The van der Waals surface area contributed by atoms with Crippen molar-refractivity contribution in [3.63, 3.8) is 0 Å². The molecule has 0 spiro atoms. The summed E-state index contributed by atoms with van der Waals surface area (Å²) in [5.41, 5.74) is 2.47. The molecule has 1 heterocycles. The summed E-state index contributed by atoms with van der Waals surface area (Å²) >= 11 is 0. The predicted molar refractivity (Wildman–Crippen MR) is 135 cm³/mol. The van der Waals surface area contributed by atoms with Crippen molar-refractivity contribution < 1.29 is 24.1 Å². The zero-order chi connectivity index (χ0) is 25.0. The van der Waals surface area contributed by atoms with Gasteiger partial charge in [0.25, 0.3) is 0 Å². The van der Waals surface area contributed by atoms with E-state index < -0.39 is 6.10 Å². The van der Waals surface area contributed by atoms with Crippen LogP contribution in [0.1, 0.15) is 67.2 Å². The average Bonchev–Trinajstić information content (AvgIpc) is 2.73. The number of aliphatic hydroxyl groups excluding tert-OH is 1.